The number of carbonyl (C=O) groups is 3. The van der Waals surface area contributed by atoms with E-state index in [1.165, 1.54) is 4.90 Å². The Morgan fingerprint density at radius 1 is 1.27 bits per heavy atom. The predicted octanol–water partition coefficient (Wildman–Crippen LogP) is 1.55. The van der Waals surface area contributed by atoms with Gasteiger partial charge in [-0.05, 0) is 37.5 Å². The third-order valence-corrected chi connectivity index (χ3v) is 5.23. The number of hydrogen-bond acceptors (Lipinski definition) is 4. The van der Waals surface area contributed by atoms with Crippen LogP contribution in [-0.4, -0.2) is 51.3 Å². The third-order valence-electron chi connectivity index (χ3n) is 5.23. The van der Waals surface area contributed by atoms with E-state index < -0.39 is 5.54 Å². The van der Waals surface area contributed by atoms with Crippen LogP contribution in [0.2, 0.25) is 0 Å². The zero-order chi connectivity index (χ0) is 18.1. The van der Waals surface area contributed by atoms with Crippen molar-refractivity contribution in [3.63, 3.8) is 0 Å². The van der Waals surface area contributed by atoms with Crippen LogP contribution >= 0.6 is 0 Å². The fourth-order valence-corrected chi connectivity index (χ4v) is 3.81. The molecule has 26 heavy (non-hydrogen) atoms. The van der Waals surface area contributed by atoms with E-state index >= 15 is 0 Å². The summed E-state index contributed by atoms with van der Waals surface area (Å²) in [4.78, 5) is 45.2. The van der Waals surface area contributed by atoms with Gasteiger partial charge in [-0.25, -0.2) is 9.78 Å². The van der Waals surface area contributed by atoms with E-state index in [0.29, 0.717) is 25.1 Å². The van der Waals surface area contributed by atoms with Crippen molar-refractivity contribution in [1.29, 1.82) is 0 Å². The highest BCUT2D eigenvalue weighted by molar-refractivity contribution is 6.07. The molecule has 1 spiro atoms. The highest BCUT2D eigenvalue weighted by Crippen LogP contribution is 2.34. The van der Waals surface area contributed by atoms with Crippen molar-refractivity contribution in [1.82, 2.24) is 25.5 Å². The van der Waals surface area contributed by atoms with Crippen molar-refractivity contribution >= 4 is 28.9 Å². The Bertz CT molecular complexity index is 869. The number of H-pyrrole nitrogens is 1. The Kier molecular flexibility index (Phi) is 4.10. The van der Waals surface area contributed by atoms with Gasteiger partial charge in [0.2, 0.25) is 0 Å². The first-order chi connectivity index (χ1) is 12.6. The molecule has 2 aromatic rings. The molecule has 0 radical (unpaired) electrons. The number of nitrogens with one attached hydrogen (secondary N) is 3. The molecule has 2 fully saturated rings. The Morgan fingerprint density at radius 3 is 2.88 bits per heavy atom. The van der Waals surface area contributed by atoms with Crippen LogP contribution in [0.15, 0.2) is 24.5 Å². The minimum Gasteiger partial charge on any atom is -0.352 e. The monoisotopic (exact) mass is 355 g/mol. The molecule has 4 rings (SSSR count). The molecule has 1 aromatic carbocycles. The quantitative estimate of drug-likeness (QED) is 0.559. The number of urea groups is 1. The Balaban J connectivity index is 1.29. The lowest BCUT2D eigenvalue weighted by Gasteiger charge is -2.20. The predicted molar refractivity (Wildman–Crippen MR) is 94.5 cm³/mol. The standard InChI is InChI=1S/C18H21N5O3/c24-15(12-4-5-13-14(10-12)21-11-20-13)19-8-3-9-23-16(25)18(22-17(23)26)6-1-2-7-18/h4-5,10-11H,1-3,6-9H2,(H,19,24)(H,20,21)(H,22,26). The topological polar surface area (TPSA) is 107 Å². The number of amides is 4. The summed E-state index contributed by atoms with van der Waals surface area (Å²) in [6.45, 7) is 0.705. The molecule has 8 heteroatoms. The summed E-state index contributed by atoms with van der Waals surface area (Å²) in [6.07, 6.45) is 5.49. The summed E-state index contributed by atoms with van der Waals surface area (Å²) in [5, 5.41) is 5.69. The van der Waals surface area contributed by atoms with Gasteiger partial charge in [-0.3, -0.25) is 14.5 Å². The first-order valence-electron chi connectivity index (χ1n) is 8.94. The number of imide groups is 1. The van der Waals surface area contributed by atoms with Gasteiger partial charge >= 0.3 is 6.03 Å². The average molecular weight is 355 g/mol. The van der Waals surface area contributed by atoms with E-state index in [1.807, 2.05) is 0 Å². The molecule has 1 saturated carbocycles. The van der Waals surface area contributed by atoms with Gasteiger partial charge < -0.3 is 15.6 Å². The first kappa shape index (κ1) is 16.6. The van der Waals surface area contributed by atoms with E-state index in [4.69, 9.17) is 0 Å². The first-order valence-corrected chi connectivity index (χ1v) is 8.94. The third kappa shape index (κ3) is 2.81. The van der Waals surface area contributed by atoms with Crippen LogP contribution in [-0.2, 0) is 4.79 Å². The number of hydrogen-bond donors (Lipinski definition) is 3. The largest absolute Gasteiger partial charge is 0.352 e. The van der Waals surface area contributed by atoms with Crippen LogP contribution < -0.4 is 10.6 Å². The van der Waals surface area contributed by atoms with Crippen molar-refractivity contribution in [3.8, 4) is 0 Å². The second kappa shape index (κ2) is 6.44. The summed E-state index contributed by atoms with van der Waals surface area (Å²) in [7, 11) is 0. The van der Waals surface area contributed by atoms with Crippen LogP contribution in [0, 0.1) is 0 Å². The van der Waals surface area contributed by atoms with Crippen LogP contribution in [0.3, 0.4) is 0 Å². The van der Waals surface area contributed by atoms with E-state index in [0.717, 1.165) is 36.7 Å². The van der Waals surface area contributed by atoms with Gasteiger partial charge in [0.25, 0.3) is 11.8 Å². The summed E-state index contributed by atoms with van der Waals surface area (Å²) in [5.74, 6) is -0.304. The summed E-state index contributed by atoms with van der Waals surface area (Å²) >= 11 is 0. The zero-order valence-corrected chi connectivity index (χ0v) is 14.4. The Hall–Kier alpha value is -2.90. The second-order valence-electron chi connectivity index (χ2n) is 6.92. The Labute approximate surface area is 150 Å². The molecular weight excluding hydrogens is 334 g/mol. The van der Waals surface area contributed by atoms with Crippen LogP contribution in [0.5, 0.6) is 0 Å². The van der Waals surface area contributed by atoms with Crippen molar-refractivity contribution < 1.29 is 14.4 Å². The van der Waals surface area contributed by atoms with Crippen molar-refractivity contribution in [3.05, 3.63) is 30.1 Å². The number of aromatic amines is 1. The highest BCUT2D eigenvalue weighted by atomic mass is 16.2. The normalized spacial score (nSPS) is 18.7. The number of rotatable bonds is 5. The highest BCUT2D eigenvalue weighted by Gasteiger charge is 2.51. The lowest BCUT2D eigenvalue weighted by molar-refractivity contribution is -0.131. The smallest absolute Gasteiger partial charge is 0.325 e. The molecular formula is C18H21N5O3. The maximum Gasteiger partial charge on any atom is 0.325 e. The fourth-order valence-electron chi connectivity index (χ4n) is 3.81. The molecule has 1 aliphatic carbocycles. The van der Waals surface area contributed by atoms with Gasteiger partial charge in [-0.1, -0.05) is 12.8 Å². The van der Waals surface area contributed by atoms with Crippen LogP contribution in [0.1, 0.15) is 42.5 Å². The van der Waals surface area contributed by atoms with Crippen LogP contribution in [0.25, 0.3) is 11.0 Å². The number of nitrogens with zero attached hydrogens (tertiary/aromatic N) is 2. The Morgan fingerprint density at radius 2 is 2.08 bits per heavy atom. The number of aromatic nitrogens is 2. The minimum absolute atomic E-state index is 0.115. The van der Waals surface area contributed by atoms with Gasteiger partial charge in [-0.15, -0.1) is 0 Å². The molecule has 0 unspecified atom stereocenters. The summed E-state index contributed by atoms with van der Waals surface area (Å²) in [5.41, 5.74) is 1.49. The van der Waals surface area contributed by atoms with Gasteiger partial charge in [0.05, 0.1) is 17.4 Å². The van der Waals surface area contributed by atoms with Gasteiger partial charge in [0.1, 0.15) is 5.54 Å². The fraction of sp³-hybridized carbons (Fsp3) is 0.444. The molecule has 0 bridgehead atoms. The molecule has 4 amide bonds. The molecule has 1 saturated heterocycles. The number of fused-ring (bicyclic) bond motifs is 1. The molecule has 1 aromatic heterocycles. The second-order valence-corrected chi connectivity index (χ2v) is 6.92. The van der Waals surface area contributed by atoms with E-state index in [1.54, 1.807) is 24.5 Å². The van der Waals surface area contributed by atoms with Crippen molar-refractivity contribution in [2.75, 3.05) is 13.1 Å². The molecule has 1 aliphatic heterocycles. The molecule has 8 nitrogen and oxygen atoms in total. The van der Waals surface area contributed by atoms with Crippen molar-refractivity contribution in [2.24, 2.45) is 0 Å². The summed E-state index contributed by atoms with van der Waals surface area (Å²) in [6, 6.07) is 4.95. The van der Waals surface area contributed by atoms with Gasteiger partial charge in [0, 0.05) is 18.7 Å². The molecule has 3 N–H and O–H groups in total. The maximum atomic E-state index is 12.5. The molecule has 2 aliphatic rings. The zero-order valence-electron chi connectivity index (χ0n) is 14.4. The molecule has 0 atom stereocenters. The number of benzene rings is 1. The minimum atomic E-state index is -0.667. The van der Waals surface area contributed by atoms with Crippen LogP contribution in [0.4, 0.5) is 4.79 Å². The average Bonchev–Trinajstić information content (AvgIpc) is 3.34. The number of carbonyl (C=O) groups excluding carboxylic acids is 3. The van der Waals surface area contributed by atoms with Gasteiger partial charge in [-0.2, -0.15) is 0 Å². The lowest BCUT2D eigenvalue weighted by atomic mass is 9.98. The number of imidazole rings is 1. The van der Waals surface area contributed by atoms with Crippen molar-refractivity contribution in [2.45, 2.75) is 37.6 Å². The van der Waals surface area contributed by atoms with E-state index in [2.05, 4.69) is 20.6 Å². The lowest BCUT2D eigenvalue weighted by Crippen LogP contribution is -2.44. The SMILES string of the molecule is O=C(NCCCN1C(=O)NC2(CCCC2)C1=O)c1ccc2nc[nH]c2c1. The molecule has 136 valence electrons. The summed E-state index contributed by atoms with van der Waals surface area (Å²) < 4.78 is 0. The molecule has 2 heterocycles. The maximum absolute atomic E-state index is 12.5. The van der Waals surface area contributed by atoms with E-state index in [-0.39, 0.29) is 17.8 Å². The van der Waals surface area contributed by atoms with E-state index in [9.17, 15) is 14.4 Å². The van der Waals surface area contributed by atoms with Gasteiger partial charge in [0.15, 0.2) is 0 Å².